The maximum Gasteiger partial charge on any atom is 0.260 e. The molecule has 132 valence electrons. The molecule has 1 saturated carbocycles. The van der Waals surface area contributed by atoms with Gasteiger partial charge in [-0.1, -0.05) is 30.3 Å². The molecule has 25 heavy (non-hydrogen) atoms. The zero-order valence-electron chi connectivity index (χ0n) is 13.7. The van der Waals surface area contributed by atoms with Gasteiger partial charge in [0.1, 0.15) is 0 Å². The molecule has 4 rings (SSSR count). The van der Waals surface area contributed by atoms with Crippen molar-refractivity contribution in [2.45, 2.75) is 24.2 Å². The smallest absolute Gasteiger partial charge is 0.260 e. The molecule has 1 aliphatic carbocycles. The lowest BCUT2D eigenvalue weighted by Crippen LogP contribution is -2.25. The van der Waals surface area contributed by atoms with Gasteiger partial charge in [0.05, 0.1) is 11.6 Å². The average Bonchev–Trinajstić information content (AvgIpc) is 2.92. The molecule has 3 N–H and O–H groups in total. The molecule has 1 unspecified atom stereocenters. The fourth-order valence-electron chi connectivity index (χ4n) is 3.96. The lowest BCUT2D eigenvalue weighted by atomic mass is 10.1. The van der Waals surface area contributed by atoms with Crippen LogP contribution in [0.25, 0.3) is 0 Å². The molecular formula is C18H20F2N4O. The molecule has 1 aromatic heterocycles. The number of nitrogens with one attached hydrogen (secondary N) is 1. The third-order valence-electron chi connectivity index (χ3n) is 5.29. The van der Waals surface area contributed by atoms with Gasteiger partial charge in [-0.25, -0.2) is 13.8 Å². The number of hydrogen-bond donors (Lipinski definition) is 2. The number of rotatable bonds is 4. The summed E-state index contributed by atoms with van der Waals surface area (Å²) < 4.78 is 28.4. The van der Waals surface area contributed by atoms with Crippen LogP contribution < -0.4 is 11.3 Å². The molecule has 1 aliphatic heterocycles. The first kappa shape index (κ1) is 16.2. The van der Waals surface area contributed by atoms with E-state index in [1.54, 1.807) is 24.3 Å². The summed E-state index contributed by atoms with van der Waals surface area (Å²) in [6.07, 6.45) is 0.796. The number of benzene rings is 1. The van der Waals surface area contributed by atoms with E-state index in [0.29, 0.717) is 24.3 Å². The molecule has 0 amide bonds. The zero-order chi connectivity index (χ0) is 17.6. The number of halogens is 2. The third kappa shape index (κ3) is 3.04. The highest BCUT2D eigenvalue weighted by Gasteiger charge is 2.68. The molecule has 2 aromatic rings. The molecule has 3 atom stereocenters. The zero-order valence-corrected chi connectivity index (χ0v) is 13.7. The van der Waals surface area contributed by atoms with Crippen LogP contribution in [0.4, 0.5) is 14.7 Å². The SMILES string of the molecule is Nc1nc(C2CCN(C[C@@H]3[C@@H](c4ccccc4)C3(F)F)C2)cc(=O)[nH]1. The van der Waals surface area contributed by atoms with Crippen LogP contribution in [0, 0.1) is 5.92 Å². The highest BCUT2D eigenvalue weighted by Crippen LogP contribution is 2.61. The summed E-state index contributed by atoms with van der Waals surface area (Å²) >= 11 is 0. The Morgan fingerprint density at radius 2 is 2.08 bits per heavy atom. The Hall–Kier alpha value is -2.28. The predicted octanol–water partition coefficient (Wildman–Crippen LogP) is 2.19. The van der Waals surface area contributed by atoms with Crippen LogP contribution in [-0.2, 0) is 0 Å². The van der Waals surface area contributed by atoms with Crippen LogP contribution >= 0.6 is 0 Å². The van der Waals surface area contributed by atoms with Crippen molar-refractivity contribution in [3.63, 3.8) is 0 Å². The minimum absolute atomic E-state index is 0.0622. The number of anilines is 1. The average molecular weight is 346 g/mol. The first-order valence-corrected chi connectivity index (χ1v) is 8.47. The van der Waals surface area contributed by atoms with Gasteiger partial charge in [-0.2, -0.15) is 0 Å². The van der Waals surface area contributed by atoms with Gasteiger partial charge in [-0.15, -0.1) is 0 Å². The van der Waals surface area contributed by atoms with E-state index in [0.717, 1.165) is 13.0 Å². The minimum atomic E-state index is -2.65. The topological polar surface area (TPSA) is 75.0 Å². The Bertz CT molecular complexity index is 823. The lowest BCUT2D eigenvalue weighted by molar-refractivity contribution is 0.0853. The van der Waals surface area contributed by atoms with Gasteiger partial charge in [0.15, 0.2) is 0 Å². The van der Waals surface area contributed by atoms with Crippen LogP contribution in [0.15, 0.2) is 41.2 Å². The Labute approximate surface area is 143 Å². The first-order chi connectivity index (χ1) is 11.9. The Balaban J connectivity index is 1.42. The van der Waals surface area contributed by atoms with Crippen molar-refractivity contribution in [1.29, 1.82) is 0 Å². The summed E-state index contributed by atoms with van der Waals surface area (Å²) in [5.41, 5.74) is 6.66. The molecule has 2 heterocycles. The van der Waals surface area contributed by atoms with Crippen molar-refractivity contribution < 1.29 is 8.78 Å². The fraction of sp³-hybridized carbons (Fsp3) is 0.444. The van der Waals surface area contributed by atoms with Crippen LogP contribution in [-0.4, -0.2) is 40.4 Å². The Morgan fingerprint density at radius 3 is 2.80 bits per heavy atom. The normalized spacial score (nSPS) is 28.2. The Kier molecular flexibility index (Phi) is 3.83. The molecule has 2 fully saturated rings. The molecule has 2 aliphatic rings. The van der Waals surface area contributed by atoms with E-state index in [-0.39, 0.29) is 17.4 Å². The van der Waals surface area contributed by atoms with Crippen molar-refractivity contribution in [2.75, 3.05) is 25.4 Å². The van der Waals surface area contributed by atoms with Crippen LogP contribution in [0.1, 0.15) is 29.5 Å². The van der Waals surface area contributed by atoms with Crippen molar-refractivity contribution in [1.82, 2.24) is 14.9 Å². The molecule has 0 spiro atoms. The Morgan fingerprint density at radius 1 is 1.32 bits per heavy atom. The molecule has 7 heteroatoms. The summed E-state index contributed by atoms with van der Waals surface area (Å²) in [5.74, 6) is -3.83. The van der Waals surface area contributed by atoms with Crippen LogP contribution in [0.5, 0.6) is 0 Å². The van der Waals surface area contributed by atoms with Crippen LogP contribution in [0.2, 0.25) is 0 Å². The fourth-order valence-corrected chi connectivity index (χ4v) is 3.96. The van der Waals surface area contributed by atoms with Gasteiger partial charge in [0, 0.05) is 31.0 Å². The van der Waals surface area contributed by atoms with Gasteiger partial charge < -0.3 is 10.6 Å². The molecule has 5 nitrogen and oxygen atoms in total. The molecule has 0 radical (unpaired) electrons. The second-order valence-electron chi connectivity index (χ2n) is 6.97. The van der Waals surface area contributed by atoms with Gasteiger partial charge in [-0.05, 0) is 18.5 Å². The van der Waals surface area contributed by atoms with Crippen LogP contribution in [0.3, 0.4) is 0 Å². The number of alkyl halides is 2. The molecular weight excluding hydrogens is 326 g/mol. The first-order valence-electron chi connectivity index (χ1n) is 8.47. The van der Waals surface area contributed by atoms with E-state index in [9.17, 15) is 13.6 Å². The summed E-state index contributed by atoms with van der Waals surface area (Å²) in [5, 5.41) is 0. The maximum atomic E-state index is 14.2. The van der Waals surface area contributed by atoms with Crippen molar-refractivity contribution >= 4 is 5.95 Å². The predicted molar refractivity (Wildman–Crippen MR) is 90.7 cm³/mol. The van der Waals surface area contributed by atoms with Gasteiger partial charge in [0.2, 0.25) is 5.95 Å². The van der Waals surface area contributed by atoms with E-state index < -0.39 is 17.8 Å². The van der Waals surface area contributed by atoms with Gasteiger partial charge in [0.25, 0.3) is 11.5 Å². The summed E-state index contributed by atoms with van der Waals surface area (Å²) in [4.78, 5) is 20.2. The number of nitrogens with two attached hydrogens (primary N) is 1. The number of likely N-dealkylation sites (tertiary alicyclic amines) is 1. The largest absolute Gasteiger partial charge is 0.369 e. The molecule has 1 aromatic carbocycles. The lowest BCUT2D eigenvalue weighted by Gasteiger charge is -2.15. The molecule has 1 saturated heterocycles. The number of nitrogen functional groups attached to an aromatic ring is 1. The quantitative estimate of drug-likeness (QED) is 0.890. The number of nitrogens with zero attached hydrogens (tertiary/aromatic N) is 2. The summed E-state index contributed by atoms with van der Waals surface area (Å²) in [6, 6.07) is 10.4. The van der Waals surface area contributed by atoms with Crippen molar-refractivity contribution in [3.05, 3.63) is 58.0 Å². The number of hydrogen-bond acceptors (Lipinski definition) is 4. The van der Waals surface area contributed by atoms with E-state index in [1.165, 1.54) is 6.07 Å². The van der Waals surface area contributed by atoms with Gasteiger partial charge >= 0.3 is 0 Å². The maximum absolute atomic E-state index is 14.2. The minimum Gasteiger partial charge on any atom is -0.369 e. The van der Waals surface area contributed by atoms with Crippen molar-refractivity contribution in [3.8, 4) is 0 Å². The van der Waals surface area contributed by atoms with E-state index in [2.05, 4.69) is 9.97 Å². The second-order valence-corrected chi connectivity index (χ2v) is 6.97. The standard InChI is InChI=1S/C18H20F2N4O/c19-18(20)13(16(18)11-4-2-1-3-5-11)10-24-7-6-12(9-24)14-8-15(25)23-17(21)22-14/h1-5,8,12-13,16H,6-7,9-10H2,(H3,21,22,23,25)/t12?,13-,16-/m1/s1. The number of aromatic nitrogens is 2. The monoisotopic (exact) mass is 346 g/mol. The number of aromatic amines is 1. The second kappa shape index (κ2) is 5.91. The highest BCUT2D eigenvalue weighted by molar-refractivity contribution is 5.32. The van der Waals surface area contributed by atoms with E-state index >= 15 is 0 Å². The van der Waals surface area contributed by atoms with Gasteiger partial charge in [-0.3, -0.25) is 9.78 Å². The van der Waals surface area contributed by atoms with E-state index in [1.807, 2.05) is 11.0 Å². The third-order valence-corrected chi connectivity index (χ3v) is 5.29. The number of H-pyrrole nitrogens is 1. The summed E-state index contributed by atoms with van der Waals surface area (Å²) in [7, 11) is 0. The highest BCUT2D eigenvalue weighted by atomic mass is 19.3. The molecule has 0 bridgehead atoms. The van der Waals surface area contributed by atoms with Crippen molar-refractivity contribution in [2.24, 2.45) is 5.92 Å². The van der Waals surface area contributed by atoms with E-state index in [4.69, 9.17) is 5.73 Å². The summed E-state index contributed by atoms with van der Waals surface area (Å²) in [6.45, 7) is 1.72.